The largest absolute Gasteiger partial charge is 0.433 e. The summed E-state index contributed by atoms with van der Waals surface area (Å²) < 4.78 is 43.6. The summed E-state index contributed by atoms with van der Waals surface area (Å²) in [5.74, 6) is -1.01. The van der Waals surface area contributed by atoms with Gasteiger partial charge in [0.1, 0.15) is 11.5 Å². The minimum absolute atomic E-state index is 0.0791. The Morgan fingerprint density at radius 1 is 1.52 bits per heavy atom. The first kappa shape index (κ1) is 15.6. The van der Waals surface area contributed by atoms with E-state index in [1.165, 1.54) is 0 Å². The highest BCUT2D eigenvalue weighted by atomic mass is 19.4. The van der Waals surface area contributed by atoms with E-state index in [0.29, 0.717) is 6.61 Å². The second kappa shape index (κ2) is 5.51. The van der Waals surface area contributed by atoms with Crippen molar-refractivity contribution in [2.24, 2.45) is 5.73 Å². The third kappa shape index (κ3) is 3.63. The number of alkyl halides is 3. The van der Waals surface area contributed by atoms with Crippen LogP contribution in [0.1, 0.15) is 35.8 Å². The van der Waals surface area contributed by atoms with Crippen molar-refractivity contribution in [2.75, 3.05) is 18.5 Å². The number of nitrogens with zero attached hydrogens (tertiary/aromatic N) is 1. The van der Waals surface area contributed by atoms with Gasteiger partial charge in [0.15, 0.2) is 0 Å². The molecule has 1 aliphatic heterocycles. The molecule has 0 spiro atoms. The molecule has 1 unspecified atom stereocenters. The van der Waals surface area contributed by atoms with E-state index < -0.39 is 23.4 Å². The number of rotatable bonds is 4. The Labute approximate surface area is 119 Å². The van der Waals surface area contributed by atoms with Crippen molar-refractivity contribution in [3.8, 4) is 0 Å². The molecule has 1 saturated heterocycles. The number of nitrogens with one attached hydrogen (secondary N) is 1. The number of primary amides is 1. The summed E-state index contributed by atoms with van der Waals surface area (Å²) in [6.07, 6.45) is -2.91. The summed E-state index contributed by atoms with van der Waals surface area (Å²) in [4.78, 5) is 14.8. The van der Waals surface area contributed by atoms with Crippen LogP contribution in [-0.4, -0.2) is 29.6 Å². The van der Waals surface area contributed by atoms with E-state index in [2.05, 4.69) is 10.3 Å². The number of aromatic nitrogens is 1. The van der Waals surface area contributed by atoms with Gasteiger partial charge in [0.25, 0.3) is 5.91 Å². The number of pyridine rings is 1. The van der Waals surface area contributed by atoms with Gasteiger partial charge in [0, 0.05) is 13.2 Å². The molecule has 0 aromatic carbocycles. The molecule has 1 aromatic rings. The lowest BCUT2D eigenvalue weighted by Gasteiger charge is -2.24. The van der Waals surface area contributed by atoms with Crippen molar-refractivity contribution in [1.29, 1.82) is 0 Å². The first-order valence-corrected chi connectivity index (χ1v) is 6.47. The van der Waals surface area contributed by atoms with E-state index in [0.717, 1.165) is 25.0 Å². The van der Waals surface area contributed by atoms with E-state index in [-0.39, 0.29) is 17.9 Å². The molecule has 3 N–H and O–H groups in total. The van der Waals surface area contributed by atoms with Crippen LogP contribution in [0, 0.1) is 0 Å². The van der Waals surface area contributed by atoms with Gasteiger partial charge in [-0.1, -0.05) is 0 Å². The van der Waals surface area contributed by atoms with E-state index in [1.54, 1.807) is 0 Å². The van der Waals surface area contributed by atoms with Gasteiger partial charge < -0.3 is 15.8 Å². The van der Waals surface area contributed by atoms with Crippen LogP contribution in [0.3, 0.4) is 0 Å². The summed E-state index contributed by atoms with van der Waals surface area (Å²) >= 11 is 0. The predicted octanol–water partition coefficient (Wildman–Crippen LogP) is 2.18. The number of hydrogen-bond donors (Lipinski definition) is 2. The number of amides is 1. The van der Waals surface area contributed by atoms with Gasteiger partial charge in [-0.05, 0) is 31.9 Å². The highest BCUT2D eigenvalue weighted by Gasteiger charge is 2.34. The maximum atomic E-state index is 12.7. The molecule has 1 fully saturated rings. The SMILES string of the molecule is CC1(CNc2nc(C(F)(F)F)ccc2C(N)=O)CCCO1. The summed E-state index contributed by atoms with van der Waals surface area (Å²) in [6.45, 7) is 2.71. The summed E-state index contributed by atoms with van der Waals surface area (Å²) in [5, 5.41) is 2.75. The molecule has 0 radical (unpaired) electrons. The lowest BCUT2D eigenvalue weighted by molar-refractivity contribution is -0.141. The molecule has 0 saturated carbocycles. The normalized spacial score (nSPS) is 22.3. The van der Waals surface area contributed by atoms with Crippen molar-refractivity contribution in [3.63, 3.8) is 0 Å². The maximum Gasteiger partial charge on any atom is 0.433 e. The third-order valence-corrected chi connectivity index (χ3v) is 3.38. The monoisotopic (exact) mass is 303 g/mol. The van der Waals surface area contributed by atoms with Crippen molar-refractivity contribution in [1.82, 2.24) is 4.98 Å². The van der Waals surface area contributed by atoms with Crippen LogP contribution in [0.4, 0.5) is 19.0 Å². The molecule has 0 aliphatic carbocycles. The highest BCUT2D eigenvalue weighted by Crippen LogP contribution is 2.30. The molecule has 1 amide bonds. The molecule has 1 aliphatic rings. The Morgan fingerprint density at radius 3 is 2.76 bits per heavy atom. The van der Waals surface area contributed by atoms with Gasteiger partial charge >= 0.3 is 6.18 Å². The van der Waals surface area contributed by atoms with Crippen LogP contribution in [-0.2, 0) is 10.9 Å². The molecule has 1 aromatic heterocycles. The molecule has 116 valence electrons. The van der Waals surface area contributed by atoms with E-state index in [9.17, 15) is 18.0 Å². The Morgan fingerprint density at radius 2 is 2.24 bits per heavy atom. The Hall–Kier alpha value is -1.83. The fourth-order valence-corrected chi connectivity index (χ4v) is 2.20. The van der Waals surface area contributed by atoms with E-state index in [4.69, 9.17) is 10.5 Å². The molecule has 21 heavy (non-hydrogen) atoms. The molecule has 8 heteroatoms. The molecule has 0 bridgehead atoms. The number of anilines is 1. The van der Waals surface area contributed by atoms with Gasteiger partial charge in [-0.3, -0.25) is 4.79 Å². The number of halogens is 3. The van der Waals surface area contributed by atoms with Crippen molar-refractivity contribution < 1.29 is 22.7 Å². The van der Waals surface area contributed by atoms with Gasteiger partial charge in [0.05, 0.1) is 11.2 Å². The van der Waals surface area contributed by atoms with Gasteiger partial charge in [-0.15, -0.1) is 0 Å². The zero-order valence-electron chi connectivity index (χ0n) is 11.5. The smallest absolute Gasteiger partial charge is 0.373 e. The van der Waals surface area contributed by atoms with Gasteiger partial charge in [-0.25, -0.2) is 4.98 Å². The average Bonchev–Trinajstić information content (AvgIpc) is 2.82. The fourth-order valence-electron chi connectivity index (χ4n) is 2.20. The van der Waals surface area contributed by atoms with Crippen molar-refractivity contribution in [3.05, 3.63) is 23.4 Å². The number of carbonyl (C=O) groups excluding carboxylic acids is 1. The molecule has 2 rings (SSSR count). The maximum absolute atomic E-state index is 12.7. The number of ether oxygens (including phenoxy) is 1. The lowest BCUT2D eigenvalue weighted by Crippen LogP contribution is -2.33. The minimum atomic E-state index is -4.58. The second-order valence-electron chi connectivity index (χ2n) is 5.21. The standard InChI is InChI=1S/C13H16F3N3O2/c1-12(5-2-6-21-12)7-18-11-8(10(17)20)3-4-9(19-11)13(14,15)16/h3-4H,2,5-7H2,1H3,(H2,17,20)(H,18,19). The van der Waals surface area contributed by atoms with Crippen LogP contribution in [0.2, 0.25) is 0 Å². The average molecular weight is 303 g/mol. The van der Waals surface area contributed by atoms with Crippen LogP contribution in [0.15, 0.2) is 12.1 Å². The Balaban J connectivity index is 2.24. The van der Waals surface area contributed by atoms with Crippen LogP contribution in [0.25, 0.3) is 0 Å². The third-order valence-electron chi connectivity index (χ3n) is 3.38. The van der Waals surface area contributed by atoms with E-state index in [1.807, 2.05) is 6.92 Å². The molecular weight excluding hydrogens is 287 g/mol. The molecular formula is C13H16F3N3O2. The quantitative estimate of drug-likeness (QED) is 0.893. The first-order valence-electron chi connectivity index (χ1n) is 6.47. The Kier molecular flexibility index (Phi) is 4.08. The first-order chi connectivity index (χ1) is 9.71. The zero-order valence-corrected chi connectivity index (χ0v) is 11.5. The number of carbonyl (C=O) groups is 1. The molecule has 5 nitrogen and oxygen atoms in total. The topological polar surface area (TPSA) is 77.2 Å². The zero-order chi connectivity index (χ0) is 15.7. The van der Waals surface area contributed by atoms with Crippen LogP contribution >= 0.6 is 0 Å². The second-order valence-corrected chi connectivity index (χ2v) is 5.21. The van der Waals surface area contributed by atoms with Crippen LogP contribution < -0.4 is 11.1 Å². The van der Waals surface area contributed by atoms with Crippen molar-refractivity contribution >= 4 is 11.7 Å². The molecule has 2 heterocycles. The molecule has 1 atom stereocenters. The van der Waals surface area contributed by atoms with Crippen LogP contribution in [0.5, 0.6) is 0 Å². The predicted molar refractivity (Wildman–Crippen MR) is 69.8 cm³/mol. The Bertz CT molecular complexity index is 540. The van der Waals surface area contributed by atoms with Crippen molar-refractivity contribution in [2.45, 2.75) is 31.5 Å². The van der Waals surface area contributed by atoms with E-state index >= 15 is 0 Å². The summed E-state index contributed by atoms with van der Waals surface area (Å²) in [6, 6.07) is 1.76. The number of hydrogen-bond acceptors (Lipinski definition) is 4. The highest BCUT2D eigenvalue weighted by molar-refractivity contribution is 5.97. The lowest BCUT2D eigenvalue weighted by atomic mass is 10.0. The summed E-state index contributed by atoms with van der Waals surface area (Å²) in [5.41, 5.74) is 3.52. The summed E-state index contributed by atoms with van der Waals surface area (Å²) in [7, 11) is 0. The fraction of sp³-hybridized carbons (Fsp3) is 0.538. The number of nitrogens with two attached hydrogens (primary N) is 1. The van der Waals surface area contributed by atoms with Gasteiger partial charge in [-0.2, -0.15) is 13.2 Å². The minimum Gasteiger partial charge on any atom is -0.373 e. The van der Waals surface area contributed by atoms with Gasteiger partial charge in [0.2, 0.25) is 0 Å².